The Kier molecular flexibility index (Phi) is 5.02. The van der Waals surface area contributed by atoms with E-state index < -0.39 is 0 Å². The Morgan fingerprint density at radius 2 is 2.04 bits per heavy atom. The van der Waals surface area contributed by atoms with Crippen LogP contribution in [-0.4, -0.2) is 65.2 Å². The monoisotopic (exact) mass is 384 g/mol. The minimum absolute atomic E-state index is 0.0521. The lowest BCUT2D eigenvalue weighted by Crippen LogP contribution is -2.44. The van der Waals surface area contributed by atoms with E-state index in [2.05, 4.69) is 20.3 Å². The van der Waals surface area contributed by atoms with Gasteiger partial charge in [-0.1, -0.05) is 0 Å². The molecule has 2 atom stereocenters. The highest BCUT2D eigenvalue weighted by molar-refractivity contribution is 5.81. The Morgan fingerprint density at radius 3 is 2.79 bits per heavy atom. The first-order valence-corrected chi connectivity index (χ1v) is 9.58. The average Bonchev–Trinajstić information content (AvgIpc) is 3.27. The van der Waals surface area contributed by atoms with E-state index in [9.17, 15) is 9.18 Å². The maximum atomic E-state index is 13.2. The van der Waals surface area contributed by atoms with Crippen LogP contribution >= 0.6 is 0 Å². The van der Waals surface area contributed by atoms with Crippen LogP contribution < -0.4 is 5.32 Å². The molecule has 148 valence electrons. The fourth-order valence-electron chi connectivity index (χ4n) is 3.99. The number of carbonyl (C=O) groups is 1. The van der Waals surface area contributed by atoms with Crippen LogP contribution in [0.2, 0.25) is 0 Å². The molecule has 0 radical (unpaired) electrons. The number of aliphatic imine (C=N–C) groups is 1. The predicted molar refractivity (Wildman–Crippen MR) is 105 cm³/mol. The molecule has 1 aromatic carbocycles. The number of carbonyl (C=O) groups excluding carboxylic acids is 1. The standard InChI is InChI=1S/C20H25FN6O/c1-25-9-3-8-22-20(25)23-11-14-10-18(28)26(2)19(14)15-12-24-27(13-15)17-6-4-16(21)5-7-17/h4-7,12-14,19H,3,8-11H2,1-2H3,(H,22,23)/t14-,19+/m0/s1. The normalized spacial score (nSPS) is 22.5. The van der Waals surface area contributed by atoms with E-state index in [-0.39, 0.29) is 23.7 Å². The molecule has 2 aliphatic rings. The zero-order valence-electron chi connectivity index (χ0n) is 16.2. The van der Waals surface area contributed by atoms with E-state index in [4.69, 9.17) is 0 Å². The molecule has 4 rings (SSSR count). The highest BCUT2D eigenvalue weighted by atomic mass is 19.1. The van der Waals surface area contributed by atoms with E-state index in [0.29, 0.717) is 13.0 Å². The van der Waals surface area contributed by atoms with Gasteiger partial charge in [-0.3, -0.25) is 9.79 Å². The predicted octanol–water partition coefficient (Wildman–Crippen LogP) is 1.81. The number of amides is 1. The van der Waals surface area contributed by atoms with Gasteiger partial charge in [0.2, 0.25) is 5.91 Å². The molecule has 1 N–H and O–H groups in total. The van der Waals surface area contributed by atoms with Gasteiger partial charge in [0.1, 0.15) is 5.82 Å². The van der Waals surface area contributed by atoms with Crippen molar-refractivity contribution in [3.05, 3.63) is 48.0 Å². The highest BCUT2D eigenvalue weighted by Crippen LogP contribution is 2.36. The van der Waals surface area contributed by atoms with Crippen LogP contribution in [0.25, 0.3) is 5.69 Å². The second-order valence-electron chi connectivity index (χ2n) is 7.47. The molecular formula is C20H25FN6O. The molecule has 2 aliphatic heterocycles. The van der Waals surface area contributed by atoms with E-state index in [1.807, 2.05) is 20.3 Å². The van der Waals surface area contributed by atoms with E-state index >= 15 is 0 Å². The van der Waals surface area contributed by atoms with Crippen LogP contribution in [0.4, 0.5) is 4.39 Å². The van der Waals surface area contributed by atoms with Gasteiger partial charge in [0.05, 0.1) is 17.9 Å². The first-order chi connectivity index (χ1) is 13.5. The summed E-state index contributed by atoms with van der Waals surface area (Å²) < 4.78 is 14.9. The van der Waals surface area contributed by atoms with Gasteiger partial charge in [-0.25, -0.2) is 9.07 Å². The Hall–Kier alpha value is -2.90. The number of likely N-dealkylation sites (tertiary alicyclic amines) is 1. The Morgan fingerprint density at radius 1 is 1.25 bits per heavy atom. The minimum atomic E-state index is -0.279. The molecule has 3 heterocycles. The van der Waals surface area contributed by atoms with Crippen LogP contribution in [0.15, 0.2) is 41.7 Å². The number of aromatic nitrogens is 2. The molecule has 0 bridgehead atoms. The van der Waals surface area contributed by atoms with Gasteiger partial charge < -0.3 is 15.1 Å². The van der Waals surface area contributed by atoms with Crippen molar-refractivity contribution < 1.29 is 9.18 Å². The van der Waals surface area contributed by atoms with Crippen molar-refractivity contribution in [2.75, 3.05) is 33.7 Å². The number of guanidine groups is 1. The van der Waals surface area contributed by atoms with Crippen molar-refractivity contribution in [1.82, 2.24) is 24.9 Å². The number of rotatable bonds is 4. The lowest BCUT2D eigenvalue weighted by atomic mass is 9.96. The highest BCUT2D eigenvalue weighted by Gasteiger charge is 2.39. The van der Waals surface area contributed by atoms with Gasteiger partial charge in [-0.15, -0.1) is 0 Å². The molecule has 1 saturated heterocycles. The molecular weight excluding hydrogens is 359 g/mol. The molecule has 1 fully saturated rings. The molecule has 28 heavy (non-hydrogen) atoms. The van der Waals surface area contributed by atoms with Crippen LogP contribution in [0.5, 0.6) is 0 Å². The number of benzene rings is 1. The Labute approximate surface area is 163 Å². The summed E-state index contributed by atoms with van der Waals surface area (Å²) in [6.45, 7) is 2.50. The third-order valence-corrected chi connectivity index (χ3v) is 5.53. The molecule has 0 unspecified atom stereocenters. The maximum absolute atomic E-state index is 13.2. The first-order valence-electron chi connectivity index (χ1n) is 9.58. The molecule has 0 saturated carbocycles. The molecule has 0 spiro atoms. The van der Waals surface area contributed by atoms with Crippen molar-refractivity contribution in [1.29, 1.82) is 0 Å². The summed E-state index contributed by atoms with van der Waals surface area (Å²) >= 11 is 0. The van der Waals surface area contributed by atoms with Crippen LogP contribution in [0.3, 0.4) is 0 Å². The van der Waals surface area contributed by atoms with Crippen LogP contribution in [0, 0.1) is 11.7 Å². The summed E-state index contributed by atoms with van der Waals surface area (Å²) in [5.41, 5.74) is 1.76. The topological polar surface area (TPSA) is 65.8 Å². The van der Waals surface area contributed by atoms with Gasteiger partial charge >= 0.3 is 0 Å². The molecule has 8 heteroatoms. The zero-order valence-corrected chi connectivity index (χ0v) is 16.2. The van der Waals surface area contributed by atoms with Gasteiger partial charge in [0.25, 0.3) is 0 Å². The minimum Gasteiger partial charge on any atom is -0.356 e. The number of nitrogens with one attached hydrogen (secondary N) is 1. The fraction of sp³-hybridized carbons (Fsp3) is 0.450. The number of nitrogens with zero attached hydrogens (tertiary/aromatic N) is 5. The van der Waals surface area contributed by atoms with Gasteiger partial charge in [0.15, 0.2) is 5.96 Å². The molecule has 0 aliphatic carbocycles. The van der Waals surface area contributed by atoms with Crippen LogP contribution in [0.1, 0.15) is 24.4 Å². The van der Waals surface area contributed by atoms with Crippen molar-refractivity contribution in [2.24, 2.45) is 10.9 Å². The number of hydrogen-bond donors (Lipinski definition) is 1. The summed E-state index contributed by atoms with van der Waals surface area (Å²) in [6, 6.07) is 6.15. The van der Waals surface area contributed by atoms with Crippen molar-refractivity contribution in [3.63, 3.8) is 0 Å². The lowest BCUT2D eigenvalue weighted by Gasteiger charge is -2.28. The second kappa shape index (κ2) is 7.61. The Balaban J connectivity index is 1.52. The third kappa shape index (κ3) is 3.58. The van der Waals surface area contributed by atoms with Gasteiger partial charge in [-0.05, 0) is 30.7 Å². The lowest BCUT2D eigenvalue weighted by molar-refractivity contribution is -0.127. The van der Waals surface area contributed by atoms with Crippen LogP contribution in [-0.2, 0) is 4.79 Å². The smallest absolute Gasteiger partial charge is 0.223 e. The number of halogens is 1. The summed E-state index contributed by atoms with van der Waals surface area (Å²) in [7, 11) is 3.87. The fourth-order valence-corrected chi connectivity index (χ4v) is 3.99. The maximum Gasteiger partial charge on any atom is 0.223 e. The summed E-state index contributed by atoms with van der Waals surface area (Å²) in [6.07, 6.45) is 5.27. The quantitative estimate of drug-likeness (QED) is 0.873. The molecule has 2 aromatic rings. The van der Waals surface area contributed by atoms with Gasteiger partial charge in [0, 0.05) is 57.8 Å². The summed E-state index contributed by atoms with van der Waals surface area (Å²) in [5, 5.41) is 7.85. The first kappa shape index (κ1) is 18.5. The summed E-state index contributed by atoms with van der Waals surface area (Å²) in [5.74, 6) is 0.875. The third-order valence-electron chi connectivity index (χ3n) is 5.53. The van der Waals surface area contributed by atoms with Crippen molar-refractivity contribution in [2.45, 2.75) is 18.9 Å². The van der Waals surface area contributed by atoms with Crippen molar-refractivity contribution >= 4 is 11.9 Å². The molecule has 7 nitrogen and oxygen atoms in total. The van der Waals surface area contributed by atoms with E-state index in [1.165, 1.54) is 12.1 Å². The second-order valence-corrected chi connectivity index (χ2v) is 7.47. The van der Waals surface area contributed by atoms with E-state index in [1.54, 1.807) is 27.9 Å². The Bertz CT molecular complexity index is 877. The summed E-state index contributed by atoms with van der Waals surface area (Å²) in [4.78, 5) is 20.8. The average molecular weight is 384 g/mol. The molecule has 1 amide bonds. The van der Waals surface area contributed by atoms with E-state index in [0.717, 1.165) is 36.7 Å². The largest absolute Gasteiger partial charge is 0.356 e. The SMILES string of the molecule is CN1CCCN=C1NC[C@@H]1CC(=O)N(C)[C@H]1c1cnn(-c2ccc(F)cc2)c1. The van der Waals surface area contributed by atoms with Crippen molar-refractivity contribution in [3.8, 4) is 5.69 Å². The molecule has 1 aromatic heterocycles. The number of hydrogen-bond acceptors (Lipinski definition) is 5. The zero-order chi connectivity index (χ0) is 19.7. The van der Waals surface area contributed by atoms with Gasteiger partial charge in [-0.2, -0.15) is 5.10 Å².